The van der Waals surface area contributed by atoms with Gasteiger partial charge >= 0.3 is 5.97 Å². The molecule has 7 heteroatoms. The molecule has 0 spiro atoms. The van der Waals surface area contributed by atoms with E-state index in [2.05, 4.69) is 37.1 Å². The summed E-state index contributed by atoms with van der Waals surface area (Å²) < 4.78 is 1.45. The molecule has 0 amide bonds. The summed E-state index contributed by atoms with van der Waals surface area (Å²) in [5.74, 6) is -1.12. The molecule has 0 aromatic heterocycles. The number of carboxylic acids is 1. The Labute approximate surface area is 109 Å². The van der Waals surface area contributed by atoms with Crippen LogP contribution in [0.15, 0.2) is 26.4 Å². The molecule has 5 nitrogen and oxygen atoms in total. The minimum Gasteiger partial charge on any atom is -0.480 e. The van der Waals surface area contributed by atoms with Crippen molar-refractivity contribution in [1.82, 2.24) is 0 Å². The van der Waals surface area contributed by atoms with Gasteiger partial charge in [-0.25, -0.2) is 5.01 Å². The van der Waals surface area contributed by atoms with Gasteiger partial charge in [-0.2, -0.15) is 0 Å². The van der Waals surface area contributed by atoms with E-state index in [-0.39, 0.29) is 0 Å². The number of hydrogen-bond donors (Lipinski definition) is 1. The number of anilines is 1. The van der Waals surface area contributed by atoms with Gasteiger partial charge in [0.15, 0.2) is 0 Å². The van der Waals surface area contributed by atoms with Crippen LogP contribution >= 0.6 is 31.9 Å². The summed E-state index contributed by atoms with van der Waals surface area (Å²) in [6.45, 7) is 1.30. The number of nitrogens with zero attached hydrogens (tertiary/aromatic N) is 2. The molecule has 0 saturated heterocycles. The van der Waals surface area contributed by atoms with E-state index in [1.807, 2.05) is 0 Å². The van der Waals surface area contributed by atoms with Gasteiger partial charge in [-0.1, -0.05) is 15.9 Å². The highest BCUT2D eigenvalue weighted by molar-refractivity contribution is 9.11. The molecule has 0 radical (unpaired) electrons. The lowest BCUT2D eigenvalue weighted by atomic mass is 10.2. The van der Waals surface area contributed by atoms with Crippen LogP contribution in [0.3, 0.4) is 0 Å². The lowest BCUT2D eigenvalue weighted by Gasteiger charge is -2.17. The SMILES string of the molecule is Cc1cc(Br)cc(Br)c1N(CC(=O)O)N=O. The Balaban J connectivity index is 3.19. The van der Waals surface area contributed by atoms with Crippen molar-refractivity contribution < 1.29 is 9.90 Å². The molecule has 0 atom stereocenters. The van der Waals surface area contributed by atoms with E-state index >= 15 is 0 Å². The number of carboxylic acid groups (broad SMARTS) is 1. The van der Waals surface area contributed by atoms with E-state index in [9.17, 15) is 9.70 Å². The minimum absolute atomic E-state index is 0.459. The predicted molar refractivity (Wildman–Crippen MR) is 67.4 cm³/mol. The second kappa shape index (κ2) is 5.40. The zero-order valence-electron chi connectivity index (χ0n) is 8.28. The maximum atomic E-state index is 10.6. The molecule has 16 heavy (non-hydrogen) atoms. The summed E-state index contributed by atoms with van der Waals surface area (Å²) in [6.07, 6.45) is 0. The Hall–Kier alpha value is -0.950. The molecule has 0 heterocycles. The first-order valence-corrected chi connectivity index (χ1v) is 5.82. The van der Waals surface area contributed by atoms with Gasteiger partial charge in [0.2, 0.25) is 0 Å². The molecule has 0 aliphatic rings. The molecule has 1 aromatic rings. The highest BCUT2D eigenvalue weighted by Crippen LogP contribution is 2.33. The quantitative estimate of drug-likeness (QED) is 0.668. The Morgan fingerprint density at radius 2 is 2.12 bits per heavy atom. The third-order valence-corrected chi connectivity index (χ3v) is 2.92. The molecule has 86 valence electrons. The number of halogens is 2. The number of rotatable bonds is 4. The second-order valence-corrected chi connectivity index (χ2v) is 4.86. The van der Waals surface area contributed by atoms with Crippen molar-refractivity contribution in [3.8, 4) is 0 Å². The van der Waals surface area contributed by atoms with E-state index in [0.717, 1.165) is 15.0 Å². The number of aryl methyl sites for hydroxylation is 1. The third kappa shape index (κ3) is 3.02. The van der Waals surface area contributed by atoms with E-state index in [1.54, 1.807) is 19.1 Å². The van der Waals surface area contributed by atoms with Crippen LogP contribution in [0, 0.1) is 11.8 Å². The van der Waals surface area contributed by atoms with Crippen LogP contribution in [-0.2, 0) is 4.79 Å². The average Bonchev–Trinajstić information content (AvgIpc) is 2.13. The van der Waals surface area contributed by atoms with Crippen molar-refractivity contribution in [1.29, 1.82) is 0 Å². The van der Waals surface area contributed by atoms with Crippen LogP contribution in [0.2, 0.25) is 0 Å². The summed E-state index contributed by atoms with van der Waals surface area (Å²) in [6, 6.07) is 3.50. The molecular formula is C9H8Br2N2O3. The Morgan fingerprint density at radius 1 is 1.50 bits per heavy atom. The smallest absolute Gasteiger partial charge is 0.325 e. The molecule has 1 rings (SSSR count). The van der Waals surface area contributed by atoms with Gasteiger partial charge in [0.1, 0.15) is 6.54 Å². The molecule has 0 bridgehead atoms. The van der Waals surface area contributed by atoms with Crippen molar-refractivity contribution in [2.45, 2.75) is 6.92 Å². The molecule has 1 N–H and O–H groups in total. The van der Waals surface area contributed by atoms with Gasteiger partial charge in [0.05, 0.1) is 11.0 Å². The lowest BCUT2D eigenvalue weighted by molar-refractivity contribution is -0.135. The standard InChI is InChI=1S/C9H8Br2N2O3/c1-5-2-6(10)3-7(11)9(5)13(12-16)4-8(14)15/h2-3H,4H2,1H3,(H,14,15). The molecule has 0 saturated carbocycles. The normalized spacial score (nSPS) is 9.94. The molecule has 0 fully saturated rings. The third-order valence-electron chi connectivity index (χ3n) is 1.86. The molecule has 0 aliphatic carbocycles. The largest absolute Gasteiger partial charge is 0.480 e. The van der Waals surface area contributed by atoms with Crippen molar-refractivity contribution in [3.63, 3.8) is 0 Å². The van der Waals surface area contributed by atoms with Gasteiger partial charge in [-0.15, -0.1) is 4.91 Å². The summed E-state index contributed by atoms with van der Waals surface area (Å²) in [5, 5.41) is 12.3. The number of aliphatic carboxylic acids is 1. The van der Waals surface area contributed by atoms with Gasteiger partial charge in [0, 0.05) is 8.95 Å². The van der Waals surface area contributed by atoms with Crippen LogP contribution in [0.4, 0.5) is 5.69 Å². The van der Waals surface area contributed by atoms with Gasteiger partial charge in [-0.05, 0) is 40.5 Å². The Kier molecular flexibility index (Phi) is 4.43. The van der Waals surface area contributed by atoms with Crippen LogP contribution in [-0.4, -0.2) is 17.6 Å². The second-order valence-electron chi connectivity index (χ2n) is 3.09. The number of hydrogen-bond acceptors (Lipinski definition) is 3. The fourth-order valence-electron chi connectivity index (χ4n) is 1.30. The Morgan fingerprint density at radius 3 is 2.56 bits per heavy atom. The maximum absolute atomic E-state index is 10.6. The highest BCUT2D eigenvalue weighted by atomic mass is 79.9. The number of benzene rings is 1. The van der Waals surface area contributed by atoms with Gasteiger partial charge in [-0.3, -0.25) is 4.79 Å². The monoisotopic (exact) mass is 350 g/mol. The first-order chi connectivity index (χ1) is 7.45. The maximum Gasteiger partial charge on any atom is 0.325 e. The minimum atomic E-state index is -1.12. The Bertz CT molecular complexity index is 414. The number of nitroso groups, excluding NO2 is 1. The fraction of sp³-hybridized carbons (Fsp3) is 0.222. The molecule has 0 unspecified atom stereocenters. The average molecular weight is 352 g/mol. The van der Waals surface area contributed by atoms with Crippen molar-refractivity contribution in [3.05, 3.63) is 31.5 Å². The first kappa shape index (κ1) is 13.1. The van der Waals surface area contributed by atoms with Gasteiger partial charge < -0.3 is 5.11 Å². The fourth-order valence-corrected chi connectivity index (χ4v) is 2.94. The molecular weight excluding hydrogens is 344 g/mol. The number of carbonyl (C=O) groups is 1. The van der Waals surface area contributed by atoms with Crippen LogP contribution in [0.5, 0.6) is 0 Å². The molecule has 0 aliphatic heterocycles. The van der Waals surface area contributed by atoms with Crippen LogP contribution < -0.4 is 5.01 Å². The van der Waals surface area contributed by atoms with E-state index in [4.69, 9.17) is 5.11 Å². The van der Waals surface area contributed by atoms with E-state index in [1.165, 1.54) is 0 Å². The zero-order valence-corrected chi connectivity index (χ0v) is 11.4. The summed E-state index contributed by atoms with van der Waals surface area (Å²) in [7, 11) is 0. The first-order valence-electron chi connectivity index (χ1n) is 4.24. The summed E-state index contributed by atoms with van der Waals surface area (Å²) >= 11 is 6.56. The lowest BCUT2D eigenvalue weighted by Crippen LogP contribution is -2.24. The predicted octanol–water partition coefficient (Wildman–Crippen LogP) is 3.09. The van der Waals surface area contributed by atoms with Crippen molar-refractivity contribution >= 4 is 43.5 Å². The molecule has 1 aromatic carbocycles. The summed E-state index contributed by atoms with van der Waals surface area (Å²) in [4.78, 5) is 21.2. The topological polar surface area (TPSA) is 70.0 Å². The van der Waals surface area contributed by atoms with Crippen LogP contribution in [0.1, 0.15) is 5.56 Å². The zero-order chi connectivity index (χ0) is 12.3. The van der Waals surface area contributed by atoms with E-state index < -0.39 is 12.5 Å². The van der Waals surface area contributed by atoms with Crippen molar-refractivity contribution in [2.75, 3.05) is 11.6 Å². The van der Waals surface area contributed by atoms with E-state index in [0.29, 0.717) is 10.2 Å². The highest BCUT2D eigenvalue weighted by Gasteiger charge is 2.17. The van der Waals surface area contributed by atoms with Gasteiger partial charge in [0.25, 0.3) is 0 Å². The summed E-state index contributed by atoms with van der Waals surface area (Å²) in [5.41, 5.74) is 1.21. The van der Waals surface area contributed by atoms with Crippen LogP contribution in [0.25, 0.3) is 0 Å². The van der Waals surface area contributed by atoms with Crippen molar-refractivity contribution in [2.24, 2.45) is 5.29 Å².